The Balaban J connectivity index is 1.78. The minimum absolute atomic E-state index is 0.0255. The fourth-order valence-corrected chi connectivity index (χ4v) is 1.89. The molecule has 1 aromatic carbocycles. The zero-order chi connectivity index (χ0) is 15.2. The van der Waals surface area contributed by atoms with Crippen LogP contribution in [0, 0.1) is 0 Å². The topological polar surface area (TPSA) is 71.7 Å². The first kappa shape index (κ1) is 15.7. The molecule has 1 heterocycles. The molecule has 0 aliphatic rings. The van der Waals surface area contributed by atoms with E-state index in [0.29, 0.717) is 10.8 Å². The van der Waals surface area contributed by atoms with Crippen molar-refractivity contribution in [2.24, 2.45) is 0 Å². The van der Waals surface area contributed by atoms with Gasteiger partial charge >= 0.3 is 0 Å². The number of rotatable bonds is 6. The summed E-state index contributed by atoms with van der Waals surface area (Å²) in [6.07, 6.45) is 0.509. The van der Waals surface area contributed by atoms with Gasteiger partial charge in [0.25, 0.3) is 5.91 Å². The van der Waals surface area contributed by atoms with Crippen molar-refractivity contribution < 1.29 is 19.1 Å². The van der Waals surface area contributed by atoms with Crippen LogP contribution in [0.25, 0.3) is 0 Å². The first-order valence-electron chi connectivity index (χ1n) is 6.14. The van der Waals surface area contributed by atoms with Crippen LogP contribution < -0.4 is 10.1 Å². The molecule has 0 fully saturated rings. The van der Waals surface area contributed by atoms with Crippen molar-refractivity contribution in [1.82, 2.24) is 5.32 Å². The Bertz CT molecular complexity index is 601. The van der Waals surface area contributed by atoms with Crippen LogP contribution in [0.4, 0.5) is 0 Å². The van der Waals surface area contributed by atoms with Crippen LogP contribution in [0.3, 0.4) is 0 Å². The number of hydrogen-bond donors (Lipinski definition) is 2. The zero-order valence-corrected chi connectivity index (χ0v) is 12.4. The molecular formula is C14H13Cl2NO4. The highest BCUT2D eigenvalue weighted by atomic mass is 35.5. The van der Waals surface area contributed by atoms with Gasteiger partial charge in [0.15, 0.2) is 5.76 Å². The van der Waals surface area contributed by atoms with Crippen molar-refractivity contribution in [1.29, 1.82) is 0 Å². The van der Waals surface area contributed by atoms with Crippen molar-refractivity contribution in [2.75, 3.05) is 13.2 Å². The van der Waals surface area contributed by atoms with E-state index in [1.165, 1.54) is 12.3 Å². The van der Waals surface area contributed by atoms with Gasteiger partial charge in [-0.3, -0.25) is 4.79 Å². The van der Waals surface area contributed by atoms with Crippen molar-refractivity contribution >= 4 is 29.1 Å². The van der Waals surface area contributed by atoms with Crippen LogP contribution in [0.5, 0.6) is 5.75 Å². The lowest BCUT2D eigenvalue weighted by molar-refractivity contribution is 0.0822. The molecule has 1 amide bonds. The monoisotopic (exact) mass is 329 g/mol. The number of benzene rings is 1. The number of halogens is 2. The second-order valence-electron chi connectivity index (χ2n) is 4.20. The molecule has 0 spiro atoms. The van der Waals surface area contributed by atoms with Crippen LogP contribution in [-0.2, 0) is 0 Å². The number of furan rings is 1. The quantitative estimate of drug-likeness (QED) is 0.854. The molecular weight excluding hydrogens is 317 g/mol. The molecule has 1 aromatic heterocycles. The van der Waals surface area contributed by atoms with E-state index in [2.05, 4.69) is 5.32 Å². The molecule has 0 unspecified atom stereocenters. The van der Waals surface area contributed by atoms with E-state index in [-0.39, 0.29) is 23.9 Å². The summed E-state index contributed by atoms with van der Waals surface area (Å²) < 4.78 is 10.3. The smallest absolute Gasteiger partial charge is 0.287 e. The Labute approximate surface area is 131 Å². The molecule has 0 aliphatic heterocycles. The zero-order valence-electron chi connectivity index (χ0n) is 10.9. The Morgan fingerprint density at radius 3 is 2.86 bits per heavy atom. The van der Waals surface area contributed by atoms with Crippen LogP contribution in [0.15, 0.2) is 41.0 Å². The van der Waals surface area contributed by atoms with Crippen LogP contribution in [0.2, 0.25) is 10.0 Å². The number of aliphatic hydroxyl groups is 1. The molecule has 5 nitrogen and oxygen atoms in total. The number of ether oxygens (including phenoxy) is 1. The first-order chi connectivity index (χ1) is 10.1. The van der Waals surface area contributed by atoms with Gasteiger partial charge in [-0.1, -0.05) is 29.3 Å². The summed E-state index contributed by atoms with van der Waals surface area (Å²) in [6.45, 7) is -0.00375. The highest BCUT2D eigenvalue weighted by Gasteiger charge is 2.12. The SMILES string of the molecule is O=C(NC[C@H](O)COc1cccc(Cl)c1Cl)c1ccco1. The molecule has 2 rings (SSSR count). The summed E-state index contributed by atoms with van der Waals surface area (Å²) in [5, 5.41) is 12.9. The molecule has 21 heavy (non-hydrogen) atoms. The lowest BCUT2D eigenvalue weighted by Crippen LogP contribution is -2.35. The van der Waals surface area contributed by atoms with Gasteiger partial charge in [0.2, 0.25) is 0 Å². The third-order valence-electron chi connectivity index (χ3n) is 2.59. The van der Waals surface area contributed by atoms with Gasteiger partial charge in [-0.15, -0.1) is 0 Å². The molecule has 0 radical (unpaired) electrons. The number of nitrogens with one attached hydrogen (secondary N) is 1. The Hall–Kier alpha value is -1.69. The lowest BCUT2D eigenvalue weighted by Gasteiger charge is -2.14. The maximum Gasteiger partial charge on any atom is 0.287 e. The summed E-state index contributed by atoms with van der Waals surface area (Å²) in [5.74, 6) is 0.154. The standard InChI is InChI=1S/C14H13Cl2NO4/c15-10-3-1-4-11(13(10)16)21-8-9(18)7-17-14(19)12-5-2-6-20-12/h1-6,9,18H,7-8H2,(H,17,19)/t9-/m0/s1. The minimum Gasteiger partial charge on any atom is -0.489 e. The first-order valence-corrected chi connectivity index (χ1v) is 6.90. The fraction of sp³-hybridized carbons (Fsp3) is 0.214. The van der Waals surface area contributed by atoms with Gasteiger partial charge in [0.05, 0.1) is 11.3 Å². The molecule has 0 aliphatic carbocycles. The van der Waals surface area contributed by atoms with E-state index in [0.717, 1.165) is 0 Å². The number of aliphatic hydroxyl groups excluding tert-OH is 1. The third-order valence-corrected chi connectivity index (χ3v) is 3.39. The van der Waals surface area contributed by atoms with E-state index in [9.17, 15) is 9.90 Å². The Morgan fingerprint density at radius 1 is 1.33 bits per heavy atom. The fourth-order valence-electron chi connectivity index (χ4n) is 1.55. The number of amides is 1. The second kappa shape index (κ2) is 7.36. The summed E-state index contributed by atoms with van der Waals surface area (Å²) in [5.41, 5.74) is 0. The van der Waals surface area contributed by atoms with Crippen LogP contribution in [-0.4, -0.2) is 30.3 Å². The summed E-state index contributed by atoms with van der Waals surface area (Å²) >= 11 is 11.8. The second-order valence-corrected chi connectivity index (χ2v) is 4.99. The van der Waals surface area contributed by atoms with Gasteiger partial charge in [-0.25, -0.2) is 0 Å². The largest absolute Gasteiger partial charge is 0.489 e. The summed E-state index contributed by atoms with van der Waals surface area (Å²) in [6, 6.07) is 8.10. The van der Waals surface area contributed by atoms with E-state index in [4.69, 9.17) is 32.4 Å². The van der Waals surface area contributed by atoms with E-state index >= 15 is 0 Å². The number of carbonyl (C=O) groups is 1. The van der Waals surface area contributed by atoms with Gasteiger partial charge in [0, 0.05) is 6.54 Å². The van der Waals surface area contributed by atoms with Crippen LogP contribution in [0.1, 0.15) is 10.6 Å². The van der Waals surface area contributed by atoms with Gasteiger partial charge in [-0.2, -0.15) is 0 Å². The average Bonchev–Trinajstić information content (AvgIpc) is 3.00. The molecule has 0 bridgehead atoms. The Morgan fingerprint density at radius 2 is 2.14 bits per heavy atom. The molecule has 2 N–H and O–H groups in total. The van der Waals surface area contributed by atoms with E-state index in [1.54, 1.807) is 24.3 Å². The molecule has 112 valence electrons. The lowest BCUT2D eigenvalue weighted by atomic mass is 10.3. The highest BCUT2D eigenvalue weighted by molar-refractivity contribution is 6.42. The molecule has 0 saturated carbocycles. The van der Waals surface area contributed by atoms with Gasteiger partial charge in [-0.05, 0) is 24.3 Å². The van der Waals surface area contributed by atoms with E-state index in [1.807, 2.05) is 0 Å². The van der Waals surface area contributed by atoms with Crippen molar-refractivity contribution in [2.45, 2.75) is 6.10 Å². The predicted octanol–water partition coefficient (Wildman–Crippen LogP) is 2.76. The molecule has 1 atom stereocenters. The highest BCUT2D eigenvalue weighted by Crippen LogP contribution is 2.31. The molecule has 2 aromatic rings. The third kappa shape index (κ3) is 4.39. The number of hydrogen-bond acceptors (Lipinski definition) is 4. The Kier molecular flexibility index (Phi) is 5.50. The predicted molar refractivity (Wildman–Crippen MR) is 79.0 cm³/mol. The molecule has 7 heteroatoms. The molecule has 0 saturated heterocycles. The van der Waals surface area contributed by atoms with Gasteiger partial charge in [0.1, 0.15) is 23.5 Å². The van der Waals surface area contributed by atoms with Crippen molar-refractivity contribution in [3.63, 3.8) is 0 Å². The van der Waals surface area contributed by atoms with E-state index < -0.39 is 12.0 Å². The normalized spacial score (nSPS) is 12.0. The number of carbonyl (C=O) groups excluding carboxylic acids is 1. The minimum atomic E-state index is -0.890. The van der Waals surface area contributed by atoms with Crippen LogP contribution >= 0.6 is 23.2 Å². The average molecular weight is 330 g/mol. The maximum atomic E-state index is 11.6. The maximum absolute atomic E-state index is 11.6. The van der Waals surface area contributed by atoms with Gasteiger partial charge < -0.3 is 19.6 Å². The summed E-state index contributed by atoms with van der Waals surface area (Å²) in [7, 11) is 0. The summed E-state index contributed by atoms with van der Waals surface area (Å²) in [4.78, 5) is 11.6. The van der Waals surface area contributed by atoms with Crippen molar-refractivity contribution in [3.05, 3.63) is 52.4 Å². The van der Waals surface area contributed by atoms with Crippen molar-refractivity contribution in [3.8, 4) is 5.75 Å².